The summed E-state index contributed by atoms with van der Waals surface area (Å²) in [6.45, 7) is 8.29. The van der Waals surface area contributed by atoms with Gasteiger partial charge in [0.25, 0.3) is 0 Å². The van der Waals surface area contributed by atoms with E-state index in [4.69, 9.17) is 4.74 Å². The van der Waals surface area contributed by atoms with Crippen LogP contribution in [0.5, 0.6) is 0 Å². The predicted molar refractivity (Wildman–Crippen MR) is 118 cm³/mol. The van der Waals surface area contributed by atoms with Crippen LogP contribution in [-0.4, -0.2) is 65.6 Å². The lowest BCUT2D eigenvalue weighted by molar-refractivity contribution is -0.187. The van der Waals surface area contributed by atoms with Crippen molar-refractivity contribution in [3.05, 3.63) is 0 Å². The number of nitrogens with one attached hydrogen (secondary N) is 1. The summed E-state index contributed by atoms with van der Waals surface area (Å²) in [5, 5.41) is 24.2. The molecule has 178 valence electrons. The van der Waals surface area contributed by atoms with Crippen LogP contribution in [0, 0.1) is 22.7 Å². The van der Waals surface area contributed by atoms with E-state index in [1.165, 1.54) is 6.42 Å². The van der Waals surface area contributed by atoms with Gasteiger partial charge < -0.3 is 25.2 Å². The molecule has 31 heavy (non-hydrogen) atoms. The van der Waals surface area contributed by atoms with E-state index >= 15 is 0 Å². The summed E-state index contributed by atoms with van der Waals surface area (Å²) in [5.41, 5.74) is -0.872. The molecule has 6 atom stereocenters. The zero-order valence-electron chi connectivity index (χ0n) is 19.6. The Kier molecular flexibility index (Phi) is 7.90. The summed E-state index contributed by atoms with van der Waals surface area (Å²) in [4.78, 5) is 27.3. The highest BCUT2D eigenvalue weighted by Crippen LogP contribution is 2.61. The van der Waals surface area contributed by atoms with Gasteiger partial charge in [-0.15, -0.1) is 0 Å². The second-order valence-corrected chi connectivity index (χ2v) is 10.5. The van der Waals surface area contributed by atoms with Gasteiger partial charge in [-0.05, 0) is 68.6 Å². The van der Waals surface area contributed by atoms with Crippen molar-refractivity contribution in [3.63, 3.8) is 0 Å². The van der Waals surface area contributed by atoms with E-state index < -0.39 is 17.6 Å². The number of alkyl carbamates (subject to hydrolysis) is 1. The van der Waals surface area contributed by atoms with Gasteiger partial charge >= 0.3 is 6.09 Å². The van der Waals surface area contributed by atoms with Crippen molar-refractivity contribution in [2.24, 2.45) is 22.7 Å². The van der Waals surface area contributed by atoms with Crippen LogP contribution in [0.3, 0.4) is 0 Å². The third-order valence-corrected chi connectivity index (χ3v) is 8.55. The number of amides is 2. The topological polar surface area (TPSA) is 99.1 Å². The Hall–Kier alpha value is -1.34. The highest BCUT2D eigenvalue weighted by Gasteiger charge is 2.60. The Morgan fingerprint density at radius 1 is 1.13 bits per heavy atom. The molecule has 0 radical (unpaired) electrons. The molecule has 3 aliphatic rings. The minimum Gasteiger partial charge on any atom is -0.446 e. The molecule has 1 saturated heterocycles. The number of nitrogens with zero attached hydrogens (tertiary/aromatic N) is 1. The standard InChI is InChI=1S/C24H42N2O5/c1-4-12-25-22(30)31-20-10-11-23(2)17(15-21(29)26-13-6-5-7-14-26)18(28)8-9-19(23)24(20,3)16-27/h17-20,27-28H,4-16H2,1-3H3,(H,25,30)/t17-,18-,19+,20-,23+,24+/m1/s1. The molecule has 0 unspecified atom stereocenters. The maximum absolute atomic E-state index is 13.1. The zero-order valence-corrected chi connectivity index (χ0v) is 19.6. The Balaban J connectivity index is 1.77. The largest absolute Gasteiger partial charge is 0.446 e. The minimum atomic E-state index is -0.594. The quantitative estimate of drug-likeness (QED) is 0.592. The predicted octanol–water partition coefficient (Wildman–Crippen LogP) is 3.08. The monoisotopic (exact) mass is 438 g/mol. The lowest BCUT2D eigenvalue weighted by atomic mass is 9.46. The molecule has 3 fully saturated rings. The van der Waals surface area contributed by atoms with Crippen LogP contribution in [0.1, 0.15) is 78.6 Å². The number of piperidine rings is 1. The first-order valence-electron chi connectivity index (χ1n) is 12.3. The summed E-state index contributed by atoms with van der Waals surface area (Å²) in [7, 11) is 0. The molecule has 1 heterocycles. The summed E-state index contributed by atoms with van der Waals surface area (Å²) in [5.74, 6) is 0.0837. The van der Waals surface area contributed by atoms with E-state index in [2.05, 4.69) is 12.2 Å². The number of aliphatic hydroxyl groups is 2. The number of carbonyl (C=O) groups excluding carboxylic acids is 2. The van der Waals surface area contributed by atoms with Crippen LogP contribution in [0.25, 0.3) is 0 Å². The van der Waals surface area contributed by atoms with Gasteiger partial charge in [0.1, 0.15) is 6.10 Å². The molecule has 7 heteroatoms. The zero-order chi connectivity index (χ0) is 22.6. The fourth-order valence-electron chi connectivity index (χ4n) is 6.64. The first-order valence-corrected chi connectivity index (χ1v) is 12.3. The third kappa shape index (κ3) is 4.87. The van der Waals surface area contributed by atoms with Gasteiger partial charge in [0.2, 0.25) is 5.91 Å². The van der Waals surface area contributed by atoms with Gasteiger partial charge in [-0.1, -0.05) is 20.8 Å². The fraction of sp³-hybridized carbons (Fsp3) is 0.917. The van der Waals surface area contributed by atoms with Crippen molar-refractivity contribution < 1.29 is 24.5 Å². The molecular formula is C24H42N2O5. The summed E-state index contributed by atoms with van der Waals surface area (Å²) < 4.78 is 5.78. The lowest BCUT2D eigenvalue weighted by Crippen LogP contribution is -2.61. The molecule has 3 rings (SSSR count). The second kappa shape index (κ2) is 10.1. The van der Waals surface area contributed by atoms with Gasteiger partial charge in [-0.3, -0.25) is 4.79 Å². The van der Waals surface area contributed by atoms with Gasteiger partial charge in [0.15, 0.2) is 0 Å². The third-order valence-electron chi connectivity index (χ3n) is 8.55. The molecule has 2 aliphatic carbocycles. The van der Waals surface area contributed by atoms with Crippen LogP contribution >= 0.6 is 0 Å². The van der Waals surface area contributed by atoms with Gasteiger partial charge in [-0.25, -0.2) is 4.79 Å². The Morgan fingerprint density at radius 2 is 1.84 bits per heavy atom. The van der Waals surface area contributed by atoms with Crippen LogP contribution in [-0.2, 0) is 9.53 Å². The summed E-state index contributed by atoms with van der Waals surface area (Å²) in [6.07, 6.45) is 5.95. The van der Waals surface area contributed by atoms with Crippen molar-refractivity contribution in [1.82, 2.24) is 10.2 Å². The summed E-state index contributed by atoms with van der Waals surface area (Å²) in [6, 6.07) is 0. The van der Waals surface area contributed by atoms with Gasteiger partial charge in [0.05, 0.1) is 12.7 Å². The number of rotatable bonds is 6. The van der Waals surface area contributed by atoms with Gasteiger partial charge in [0, 0.05) is 31.5 Å². The van der Waals surface area contributed by atoms with Crippen molar-refractivity contribution >= 4 is 12.0 Å². The van der Waals surface area contributed by atoms with E-state index in [1.807, 2.05) is 18.7 Å². The SMILES string of the molecule is CCCNC(=O)O[C@@H]1CC[C@]2(C)[C@H](CC[C@@H](O)[C@H]2CC(=O)N2CCCCC2)[C@]1(C)CO. The van der Waals surface area contributed by atoms with Crippen molar-refractivity contribution in [3.8, 4) is 0 Å². The average molecular weight is 439 g/mol. The van der Waals surface area contributed by atoms with Crippen LogP contribution in [0.15, 0.2) is 0 Å². The number of likely N-dealkylation sites (tertiary alicyclic amines) is 1. The molecule has 2 saturated carbocycles. The normalized spacial score (nSPS) is 38.3. The number of aliphatic hydroxyl groups excluding tert-OH is 2. The molecule has 7 nitrogen and oxygen atoms in total. The van der Waals surface area contributed by atoms with Crippen LogP contribution in [0.4, 0.5) is 4.79 Å². The molecule has 3 N–H and O–H groups in total. The lowest BCUT2D eigenvalue weighted by Gasteiger charge is -2.60. The molecule has 2 amide bonds. The van der Waals surface area contributed by atoms with E-state index in [-0.39, 0.29) is 35.9 Å². The molecular weight excluding hydrogens is 396 g/mol. The van der Waals surface area contributed by atoms with Crippen molar-refractivity contribution in [1.29, 1.82) is 0 Å². The van der Waals surface area contributed by atoms with E-state index in [1.54, 1.807) is 0 Å². The smallest absolute Gasteiger partial charge is 0.407 e. The molecule has 0 bridgehead atoms. The van der Waals surface area contributed by atoms with Crippen molar-refractivity contribution in [2.45, 2.75) is 90.8 Å². The van der Waals surface area contributed by atoms with E-state index in [0.29, 0.717) is 25.8 Å². The van der Waals surface area contributed by atoms with Crippen LogP contribution < -0.4 is 5.32 Å². The number of carbonyl (C=O) groups is 2. The Bertz CT molecular complexity index is 637. The van der Waals surface area contributed by atoms with Crippen molar-refractivity contribution in [2.75, 3.05) is 26.2 Å². The maximum atomic E-state index is 13.1. The second-order valence-electron chi connectivity index (χ2n) is 10.5. The molecule has 0 spiro atoms. The summed E-state index contributed by atoms with van der Waals surface area (Å²) >= 11 is 0. The first kappa shape index (κ1) is 24.3. The highest BCUT2D eigenvalue weighted by atomic mass is 16.6. The maximum Gasteiger partial charge on any atom is 0.407 e. The van der Waals surface area contributed by atoms with Crippen LogP contribution in [0.2, 0.25) is 0 Å². The number of hydrogen-bond donors (Lipinski definition) is 3. The number of hydrogen-bond acceptors (Lipinski definition) is 5. The molecule has 0 aromatic carbocycles. The molecule has 0 aromatic heterocycles. The Morgan fingerprint density at radius 3 is 2.48 bits per heavy atom. The van der Waals surface area contributed by atoms with E-state index in [0.717, 1.165) is 45.2 Å². The first-order chi connectivity index (χ1) is 14.8. The fourth-order valence-corrected chi connectivity index (χ4v) is 6.64. The highest BCUT2D eigenvalue weighted by molar-refractivity contribution is 5.76. The number of ether oxygens (including phenoxy) is 1. The number of fused-ring (bicyclic) bond motifs is 1. The molecule has 1 aliphatic heterocycles. The average Bonchev–Trinajstić information content (AvgIpc) is 2.77. The molecule has 0 aromatic rings. The van der Waals surface area contributed by atoms with E-state index in [9.17, 15) is 19.8 Å². The minimum absolute atomic E-state index is 0.0743. The van der Waals surface area contributed by atoms with Gasteiger partial charge in [-0.2, -0.15) is 0 Å². The Labute approximate surface area is 186 Å².